The van der Waals surface area contributed by atoms with Crippen LogP contribution in [0.1, 0.15) is 13.8 Å². The molecular weight excluding hydrogens is 376 g/mol. The SMILES string of the molecule is CN(C)C(C)(C)Cn1c(=S)[nH]c2cc(I)c(F)cc21. The summed E-state index contributed by atoms with van der Waals surface area (Å²) in [6.07, 6.45) is 0. The lowest BCUT2D eigenvalue weighted by molar-refractivity contribution is 0.170. The summed E-state index contributed by atoms with van der Waals surface area (Å²) in [5.41, 5.74) is 1.63. The van der Waals surface area contributed by atoms with E-state index in [2.05, 4.69) is 23.7 Å². The first-order chi connectivity index (χ1) is 8.72. The molecule has 0 unspecified atom stereocenters. The Morgan fingerprint density at radius 2 is 2.05 bits per heavy atom. The van der Waals surface area contributed by atoms with Crippen LogP contribution < -0.4 is 0 Å². The first-order valence-corrected chi connectivity index (χ1v) is 7.46. The Labute approximate surface area is 130 Å². The predicted octanol–water partition coefficient (Wildman–Crippen LogP) is 3.78. The minimum Gasteiger partial charge on any atom is -0.331 e. The van der Waals surface area contributed by atoms with Crippen molar-refractivity contribution >= 4 is 45.8 Å². The van der Waals surface area contributed by atoms with Gasteiger partial charge in [-0.15, -0.1) is 0 Å². The van der Waals surface area contributed by atoms with Crippen LogP contribution in [-0.4, -0.2) is 34.1 Å². The molecule has 19 heavy (non-hydrogen) atoms. The number of aromatic nitrogens is 2. The maximum absolute atomic E-state index is 13.8. The summed E-state index contributed by atoms with van der Waals surface area (Å²) in [5.74, 6) is -0.210. The van der Waals surface area contributed by atoms with Gasteiger partial charge in [-0.25, -0.2) is 4.39 Å². The molecule has 0 saturated heterocycles. The van der Waals surface area contributed by atoms with Gasteiger partial charge in [-0.3, -0.25) is 0 Å². The fraction of sp³-hybridized carbons (Fsp3) is 0.462. The molecule has 0 saturated carbocycles. The third-order valence-electron chi connectivity index (χ3n) is 3.57. The van der Waals surface area contributed by atoms with Crippen LogP contribution in [-0.2, 0) is 6.54 Å². The molecule has 0 aliphatic heterocycles. The standard InChI is InChI=1S/C13H17FIN3S/c1-13(2,17(3)4)7-18-11-5-8(14)9(15)6-10(11)16-12(18)19/h5-6H,7H2,1-4H3,(H,16,19). The average Bonchev–Trinajstić information content (AvgIpc) is 2.56. The molecule has 2 aromatic rings. The Morgan fingerprint density at radius 1 is 1.42 bits per heavy atom. The largest absolute Gasteiger partial charge is 0.331 e. The minimum atomic E-state index is -0.210. The zero-order valence-electron chi connectivity index (χ0n) is 11.4. The van der Waals surface area contributed by atoms with Crippen LogP contribution >= 0.6 is 34.8 Å². The summed E-state index contributed by atoms with van der Waals surface area (Å²) in [7, 11) is 4.06. The number of hydrogen-bond donors (Lipinski definition) is 1. The predicted molar refractivity (Wildman–Crippen MR) is 87.6 cm³/mol. The van der Waals surface area contributed by atoms with Gasteiger partial charge in [0.25, 0.3) is 0 Å². The molecule has 3 nitrogen and oxygen atoms in total. The van der Waals surface area contributed by atoms with Crippen LogP contribution in [0.25, 0.3) is 11.0 Å². The molecule has 1 heterocycles. The fourth-order valence-electron chi connectivity index (χ4n) is 1.84. The number of fused-ring (bicyclic) bond motifs is 1. The molecule has 0 atom stereocenters. The van der Waals surface area contributed by atoms with Crippen molar-refractivity contribution in [3.8, 4) is 0 Å². The molecule has 6 heteroatoms. The zero-order chi connectivity index (χ0) is 14.4. The molecule has 0 radical (unpaired) electrons. The zero-order valence-corrected chi connectivity index (χ0v) is 14.4. The summed E-state index contributed by atoms with van der Waals surface area (Å²) >= 11 is 7.34. The van der Waals surface area contributed by atoms with E-state index in [4.69, 9.17) is 12.2 Å². The van der Waals surface area contributed by atoms with Crippen molar-refractivity contribution in [2.24, 2.45) is 0 Å². The Bertz CT molecular complexity index is 672. The molecule has 0 bridgehead atoms. The molecular formula is C13H17FIN3S. The molecule has 0 aliphatic carbocycles. The quantitative estimate of drug-likeness (QED) is 0.634. The van der Waals surface area contributed by atoms with E-state index in [-0.39, 0.29) is 11.4 Å². The first kappa shape index (κ1) is 14.9. The lowest BCUT2D eigenvalue weighted by Gasteiger charge is -2.33. The average molecular weight is 393 g/mol. The van der Waals surface area contributed by atoms with E-state index in [1.807, 2.05) is 41.3 Å². The van der Waals surface area contributed by atoms with Crippen molar-refractivity contribution in [3.63, 3.8) is 0 Å². The number of likely N-dealkylation sites (N-methyl/N-ethyl adjacent to an activating group) is 1. The van der Waals surface area contributed by atoms with Crippen LogP contribution in [0.5, 0.6) is 0 Å². The maximum atomic E-state index is 13.8. The number of aromatic amines is 1. The second-order valence-electron chi connectivity index (χ2n) is 5.51. The van der Waals surface area contributed by atoms with Gasteiger partial charge in [-0.1, -0.05) is 0 Å². The monoisotopic (exact) mass is 393 g/mol. The summed E-state index contributed by atoms with van der Waals surface area (Å²) in [5, 5.41) is 0. The van der Waals surface area contributed by atoms with Crippen molar-refractivity contribution in [3.05, 3.63) is 26.3 Å². The highest BCUT2D eigenvalue weighted by atomic mass is 127. The number of nitrogens with zero attached hydrogens (tertiary/aromatic N) is 2. The van der Waals surface area contributed by atoms with E-state index in [0.717, 1.165) is 11.0 Å². The first-order valence-electron chi connectivity index (χ1n) is 5.97. The maximum Gasteiger partial charge on any atom is 0.178 e. The lowest BCUT2D eigenvalue weighted by Crippen LogP contribution is -2.42. The number of hydrogen-bond acceptors (Lipinski definition) is 2. The molecule has 0 spiro atoms. The van der Waals surface area contributed by atoms with Gasteiger partial charge < -0.3 is 14.5 Å². The highest BCUT2D eigenvalue weighted by Gasteiger charge is 2.22. The van der Waals surface area contributed by atoms with Gasteiger partial charge in [-0.2, -0.15) is 0 Å². The van der Waals surface area contributed by atoms with Crippen LogP contribution in [0, 0.1) is 14.2 Å². The summed E-state index contributed by atoms with van der Waals surface area (Å²) in [4.78, 5) is 5.28. The topological polar surface area (TPSA) is 24.0 Å². The van der Waals surface area contributed by atoms with Crippen molar-refractivity contribution < 1.29 is 4.39 Å². The summed E-state index contributed by atoms with van der Waals surface area (Å²) < 4.78 is 16.9. The van der Waals surface area contributed by atoms with Gasteiger partial charge in [0, 0.05) is 18.2 Å². The van der Waals surface area contributed by atoms with Crippen LogP contribution in [0.2, 0.25) is 0 Å². The van der Waals surface area contributed by atoms with Crippen LogP contribution in [0.3, 0.4) is 0 Å². The molecule has 0 amide bonds. The van der Waals surface area contributed by atoms with Crippen molar-refractivity contribution in [2.45, 2.75) is 25.9 Å². The number of imidazole rings is 1. The second-order valence-corrected chi connectivity index (χ2v) is 7.06. The number of halogens is 2. The molecule has 1 aromatic heterocycles. The van der Waals surface area contributed by atoms with Crippen molar-refractivity contribution in [2.75, 3.05) is 14.1 Å². The molecule has 2 rings (SSSR count). The van der Waals surface area contributed by atoms with E-state index < -0.39 is 0 Å². The minimum absolute atomic E-state index is 0.0627. The highest BCUT2D eigenvalue weighted by Crippen LogP contribution is 2.23. The van der Waals surface area contributed by atoms with E-state index in [9.17, 15) is 4.39 Å². The van der Waals surface area contributed by atoms with E-state index in [1.165, 1.54) is 0 Å². The fourth-order valence-corrected chi connectivity index (χ4v) is 2.58. The Kier molecular flexibility index (Phi) is 4.04. The smallest absolute Gasteiger partial charge is 0.178 e. The van der Waals surface area contributed by atoms with Crippen molar-refractivity contribution in [1.29, 1.82) is 0 Å². The third kappa shape index (κ3) is 2.85. The number of benzene rings is 1. The number of nitrogens with one attached hydrogen (secondary N) is 1. The van der Waals surface area contributed by atoms with Gasteiger partial charge >= 0.3 is 0 Å². The van der Waals surface area contributed by atoms with E-state index in [1.54, 1.807) is 12.1 Å². The number of rotatable bonds is 3. The van der Waals surface area contributed by atoms with Gasteiger partial charge in [0.05, 0.1) is 14.6 Å². The Hall–Kier alpha value is -0.470. The normalized spacial score (nSPS) is 12.6. The lowest BCUT2D eigenvalue weighted by atomic mass is 10.0. The highest BCUT2D eigenvalue weighted by molar-refractivity contribution is 14.1. The van der Waals surface area contributed by atoms with Crippen molar-refractivity contribution in [1.82, 2.24) is 14.5 Å². The molecule has 104 valence electrons. The third-order valence-corrected chi connectivity index (χ3v) is 4.72. The molecule has 1 aromatic carbocycles. The molecule has 0 aliphatic rings. The van der Waals surface area contributed by atoms with Crippen LogP contribution in [0.4, 0.5) is 4.39 Å². The summed E-state index contributed by atoms with van der Waals surface area (Å²) in [6, 6.07) is 3.34. The Morgan fingerprint density at radius 3 is 2.63 bits per heavy atom. The van der Waals surface area contributed by atoms with Gasteiger partial charge in [0.1, 0.15) is 5.82 Å². The molecule has 0 fully saturated rings. The summed E-state index contributed by atoms with van der Waals surface area (Å²) in [6.45, 7) is 4.98. The molecule has 1 N–H and O–H groups in total. The van der Waals surface area contributed by atoms with Gasteiger partial charge in [0.15, 0.2) is 4.77 Å². The van der Waals surface area contributed by atoms with Gasteiger partial charge in [-0.05, 0) is 68.8 Å². The van der Waals surface area contributed by atoms with Crippen LogP contribution in [0.15, 0.2) is 12.1 Å². The van der Waals surface area contributed by atoms with Gasteiger partial charge in [0.2, 0.25) is 0 Å². The van der Waals surface area contributed by atoms with E-state index >= 15 is 0 Å². The van der Waals surface area contributed by atoms with E-state index in [0.29, 0.717) is 14.9 Å². The second kappa shape index (κ2) is 5.14. The Balaban J connectivity index is 2.58. The number of H-pyrrole nitrogens is 1.